The second-order valence-electron chi connectivity index (χ2n) is 11.0. The molecule has 3 amide bonds. The average molecular weight is 594 g/mol. The number of carbonyl (C=O) groups is 3. The van der Waals surface area contributed by atoms with Crippen LogP contribution in [0.1, 0.15) is 95.1 Å². The van der Waals surface area contributed by atoms with Crippen molar-refractivity contribution in [3.63, 3.8) is 0 Å². The van der Waals surface area contributed by atoms with Crippen LogP contribution in [0.2, 0.25) is 5.02 Å². The van der Waals surface area contributed by atoms with Crippen molar-refractivity contribution in [1.29, 1.82) is 0 Å². The first-order valence-electron chi connectivity index (χ1n) is 14.3. The van der Waals surface area contributed by atoms with Crippen LogP contribution in [0.4, 0.5) is 11.4 Å². The molecule has 4 N–H and O–H groups in total. The average Bonchev–Trinajstić information content (AvgIpc) is 3.62. The minimum absolute atomic E-state index is 0.0250. The molecule has 8 nitrogen and oxygen atoms in total. The summed E-state index contributed by atoms with van der Waals surface area (Å²) in [6.45, 7) is 1.93. The molecule has 0 saturated heterocycles. The Labute approximate surface area is 249 Å². The van der Waals surface area contributed by atoms with Gasteiger partial charge in [0.05, 0.1) is 5.69 Å². The molecule has 5 rings (SSSR count). The number of nitrogens with zero attached hydrogens (tertiary/aromatic N) is 2. The maximum atomic E-state index is 14.4. The summed E-state index contributed by atoms with van der Waals surface area (Å²) in [6, 6.07) is 13.5. The van der Waals surface area contributed by atoms with E-state index in [1.54, 1.807) is 30.3 Å². The molecule has 2 aliphatic carbocycles. The van der Waals surface area contributed by atoms with E-state index in [-0.39, 0.29) is 40.2 Å². The van der Waals surface area contributed by atoms with Crippen molar-refractivity contribution >= 4 is 52.2 Å². The molecule has 1 heterocycles. The molecule has 0 aliphatic heterocycles. The van der Waals surface area contributed by atoms with Crippen LogP contribution in [-0.4, -0.2) is 34.2 Å². The van der Waals surface area contributed by atoms with Crippen molar-refractivity contribution in [1.82, 2.24) is 15.0 Å². The molecule has 1 atom stereocenters. The number of hydrogen-bond donors (Lipinski definition) is 3. The third-order valence-electron chi connectivity index (χ3n) is 7.97. The van der Waals surface area contributed by atoms with Gasteiger partial charge in [-0.05, 0) is 79.5 Å². The number of anilines is 2. The maximum absolute atomic E-state index is 14.4. The van der Waals surface area contributed by atoms with E-state index in [2.05, 4.69) is 15.0 Å². The van der Waals surface area contributed by atoms with Gasteiger partial charge >= 0.3 is 0 Å². The first kappa shape index (κ1) is 29.1. The molecule has 2 fully saturated rings. The number of aryl methyl sites for hydroxylation is 1. The van der Waals surface area contributed by atoms with Crippen LogP contribution in [0, 0.1) is 6.92 Å². The third-order valence-corrected chi connectivity index (χ3v) is 9.07. The van der Waals surface area contributed by atoms with Crippen molar-refractivity contribution in [2.24, 2.45) is 0 Å². The van der Waals surface area contributed by atoms with Gasteiger partial charge in [0.15, 0.2) is 5.69 Å². The van der Waals surface area contributed by atoms with Crippen molar-refractivity contribution in [3.05, 3.63) is 75.3 Å². The zero-order valence-corrected chi connectivity index (χ0v) is 24.8. The molecule has 10 heteroatoms. The van der Waals surface area contributed by atoms with Gasteiger partial charge in [-0.1, -0.05) is 68.0 Å². The standard InChI is InChI=1S/C31H36ClN5O3S/c1-19-8-7-13-24(18-19)37(27(20-14-16-21(32)17-15-20)30(39)35-23-11-5-6-12-23)31(40)28-25(33)26(36-41-28)29(38)34-22-9-3-2-4-10-22/h7-8,13-18,22-23,27H,2-6,9-12,33H2,1H3,(H,34,38)(H,35,39)/t27-/m0/s1. The summed E-state index contributed by atoms with van der Waals surface area (Å²) in [5.74, 6) is -1.16. The Morgan fingerprint density at radius 1 is 0.951 bits per heavy atom. The summed E-state index contributed by atoms with van der Waals surface area (Å²) in [7, 11) is 0. The largest absolute Gasteiger partial charge is 0.395 e. The highest BCUT2D eigenvalue weighted by Gasteiger charge is 2.37. The van der Waals surface area contributed by atoms with E-state index < -0.39 is 11.9 Å². The van der Waals surface area contributed by atoms with Gasteiger partial charge in [-0.2, -0.15) is 4.37 Å². The smallest absolute Gasteiger partial charge is 0.273 e. The number of benzene rings is 2. The number of nitrogens with one attached hydrogen (secondary N) is 2. The summed E-state index contributed by atoms with van der Waals surface area (Å²) in [5, 5.41) is 6.73. The van der Waals surface area contributed by atoms with E-state index >= 15 is 0 Å². The Morgan fingerprint density at radius 3 is 2.24 bits per heavy atom. The first-order valence-corrected chi connectivity index (χ1v) is 15.5. The maximum Gasteiger partial charge on any atom is 0.273 e. The zero-order valence-electron chi connectivity index (χ0n) is 23.2. The number of hydrogen-bond acceptors (Lipinski definition) is 6. The Bertz CT molecular complexity index is 1400. The zero-order chi connectivity index (χ0) is 28.9. The van der Waals surface area contributed by atoms with Crippen LogP contribution >= 0.6 is 23.1 Å². The number of halogens is 1. The molecule has 2 aromatic carbocycles. The summed E-state index contributed by atoms with van der Waals surface area (Å²) in [6.07, 6.45) is 9.06. The molecule has 0 spiro atoms. The van der Waals surface area contributed by atoms with Gasteiger partial charge in [0.1, 0.15) is 10.9 Å². The fourth-order valence-corrected chi connectivity index (χ4v) is 6.66. The molecule has 1 aromatic heterocycles. The number of rotatable bonds is 8. The van der Waals surface area contributed by atoms with Gasteiger partial charge in [0.25, 0.3) is 11.8 Å². The number of nitrogens with two attached hydrogens (primary N) is 1. The second-order valence-corrected chi connectivity index (χ2v) is 12.3. The molecule has 0 unspecified atom stereocenters. The van der Waals surface area contributed by atoms with Crippen molar-refractivity contribution in [2.75, 3.05) is 10.6 Å². The lowest BCUT2D eigenvalue weighted by Crippen LogP contribution is -2.46. The van der Waals surface area contributed by atoms with Crippen LogP contribution in [0.3, 0.4) is 0 Å². The molecule has 41 heavy (non-hydrogen) atoms. The Kier molecular flexibility index (Phi) is 9.25. The minimum atomic E-state index is -0.997. The topological polar surface area (TPSA) is 117 Å². The van der Waals surface area contributed by atoms with Crippen molar-refractivity contribution in [2.45, 2.75) is 82.8 Å². The van der Waals surface area contributed by atoms with Crippen LogP contribution in [0.5, 0.6) is 0 Å². The van der Waals surface area contributed by atoms with Crippen molar-refractivity contribution in [3.8, 4) is 0 Å². The molecule has 2 saturated carbocycles. The second kappa shape index (κ2) is 13.0. The highest BCUT2D eigenvalue weighted by Crippen LogP contribution is 2.34. The van der Waals surface area contributed by atoms with E-state index in [1.807, 2.05) is 25.1 Å². The van der Waals surface area contributed by atoms with Crippen LogP contribution in [0.25, 0.3) is 0 Å². The van der Waals surface area contributed by atoms with Crippen LogP contribution in [-0.2, 0) is 4.79 Å². The van der Waals surface area contributed by atoms with Crippen LogP contribution < -0.4 is 21.3 Å². The number of aromatic nitrogens is 1. The molecular weight excluding hydrogens is 558 g/mol. The highest BCUT2D eigenvalue weighted by molar-refractivity contribution is 7.09. The van der Waals surface area contributed by atoms with Gasteiger partial charge in [0.2, 0.25) is 5.91 Å². The SMILES string of the molecule is Cc1cccc(N(C(=O)c2snc(C(=O)NC3CCCCC3)c2N)[C@H](C(=O)NC2CCCC2)c2ccc(Cl)cc2)c1. The lowest BCUT2D eigenvalue weighted by atomic mass is 9.95. The predicted molar refractivity (Wildman–Crippen MR) is 163 cm³/mol. The number of amides is 3. The molecule has 0 bridgehead atoms. The number of carbonyl (C=O) groups excluding carboxylic acids is 3. The monoisotopic (exact) mass is 593 g/mol. The molecular formula is C31H36ClN5O3S. The lowest BCUT2D eigenvalue weighted by Gasteiger charge is -2.32. The van der Waals surface area contributed by atoms with E-state index in [4.69, 9.17) is 17.3 Å². The highest BCUT2D eigenvalue weighted by atomic mass is 35.5. The normalized spacial score (nSPS) is 16.7. The van der Waals surface area contributed by atoms with E-state index in [0.717, 1.165) is 68.5 Å². The van der Waals surface area contributed by atoms with E-state index in [0.29, 0.717) is 16.3 Å². The summed E-state index contributed by atoms with van der Waals surface area (Å²) < 4.78 is 4.31. The molecule has 3 aromatic rings. The molecule has 2 aliphatic rings. The fraction of sp³-hybridized carbons (Fsp3) is 0.419. The van der Waals surface area contributed by atoms with Gasteiger partial charge < -0.3 is 16.4 Å². The summed E-state index contributed by atoms with van der Waals surface area (Å²) >= 11 is 7.07. The molecule has 0 radical (unpaired) electrons. The Balaban J connectivity index is 1.53. The predicted octanol–water partition coefficient (Wildman–Crippen LogP) is 6.20. The van der Waals surface area contributed by atoms with Gasteiger partial charge in [0, 0.05) is 22.8 Å². The lowest BCUT2D eigenvalue weighted by molar-refractivity contribution is -0.123. The van der Waals surface area contributed by atoms with Gasteiger partial charge in [-0.3, -0.25) is 19.3 Å². The summed E-state index contributed by atoms with van der Waals surface area (Å²) in [5.41, 5.74) is 8.59. The van der Waals surface area contributed by atoms with E-state index in [1.165, 1.54) is 11.3 Å². The summed E-state index contributed by atoms with van der Waals surface area (Å²) in [4.78, 5) is 43.1. The Hall–Kier alpha value is -3.43. The third kappa shape index (κ3) is 6.73. The van der Waals surface area contributed by atoms with Crippen molar-refractivity contribution < 1.29 is 14.4 Å². The fourth-order valence-electron chi connectivity index (χ4n) is 5.80. The minimum Gasteiger partial charge on any atom is -0.395 e. The Morgan fingerprint density at radius 2 is 1.59 bits per heavy atom. The van der Waals surface area contributed by atoms with Gasteiger partial charge in [-0.25, -0.2) is 0 Å². The first-order chi connectivity index (χ1) is 19.8. The quantitative estimate of drug-likeness (QED) is 0.288. The van der Waals surface area contributed by atoms with Crippen LogP contribution in [0.15, 0.2) is 48.5 Å². The van der Waals surface area contributed by atoms with E-state index in [9.17, 15) is 14.4 Å². The molecule has 216 valence electrons. The number of nitrogen functional groups attached to an aromatic ring is 1. The van der Waals surface area contributed by atoms with Gasteiger partial charge in [-0.15, -0.1) is 0 Å².